The number of pyridine rings is 1. The smallest absolute Gasteiger partial charge is 0.243 e. The maximum Gasteiger partial charge on any atom is 0.243 e. The molecule has 160 valence electrons. The molecule has 1 aromatic carbocycles. The van der Waals surface area contributed by atoms with Crippen LogP contribution in [0.2, 0.25) is 0 Å². The molecule has 4 aromatic rings. The number of rotatable bonds is 5. The fourth-order valence-corrected chi connectivity index (χ4v) is 6.15. The molecule has 4 heterocycles. The molecule has 2 atom stereocenters. The van der Waals surface area contributed by atoms with Crippen LogP contribution in [-0.2, 0) is 16.6 Å². The van der Waals surface area contributed by atoms with E-state index in [1.807, 2.05) is 31.3 Å². The minimum Gasteiger partial charge on any atom is -0.346 e. The predicted octanol–water partition coefficient (Wildman–Crippen LogP) is 3.66. The molecule has 0 amide bonds. The highest BCUT2D eigenvalue weighted by molar-refractivity contribution is 7.89. The summed E-state index contributed by atoms with van der Waals surface area (Å²) < 4.78 is 43.3. The van der Waals surface area contributed by atoms with Gasteiger partial charge in [-0.25, -0.2) is 17.8 Å². The first kappa shape index (κ1) is 19.9. The second-order valence-corrected chi connectivity index (χ2v) is 9.93. The third-order valence-electron chi connectivity index (χ3n) is 5.88. The summed E-state index contributed by atoms with van der Waals surface area (Å²) in [4.78, 5) is 4.71. The van der Waals surface area contributed by atoms with Gasteiger partial charge in [-0.3, -0.25) is 5.10 Å². The van der Waals surface area contributed by atoms with Crippen LogP contribution < -0.4 is 0 Å². The zero-order valence-corrected chi connectivity index (χ0v) is 17.8. The highest BCUT2D eigenvalue weighted by Gasteiger charge is 2.38. The zero-order chi connectivity index (χ0) is 21.6. The van der Waals surface area contributed by atoms with Crippen LogP contribution >= 0.6 is 0 Å². The SMILES string of the molecule is C[C@H]1CC(Cn2ccc3nc(-c4cn[nH]c4)ccc32)CN1S(=O)(=O)c1cccc(F)c1. The molecule has 0 saturated carbocycles. The van der Waals surface area contributed by atoms with Gasteiger partial charge < -0.3 is 4.57 Å². The fraction of sp³-hybridized carbons (Fsp3) is 0.273. The first-order valence-electron chi connectivity index (χ1n) is 10.1. The number of halogens is 1. The normalized spacial score (nSPS) is 19.9. The van der Waals surface area contributed by atoms with Gasteiger partial charge in [0.25, 0.3) is 0 Å². The summed E-state index contributed by atoms with van der Waals surface area (Å²) >= 11 is 0. The number of fused-ring (bicyclic) bond motifs is 1. The largest absolute Gasteiger partial charge is 0.346 e. The molecule has 1 unspecified atom stereocenters. The maximum absolute atomic E-state index is 13.6. The molecular weight excluding hydrogens is 417 g/mol. The Hall–Kier alpha value is -3.04. The van der Waals surface area contributed by atoms with Crippen LogP contribution in [0.4, 0.5) is 4.39 Å². The summed E-state index contributed by atoms with van der Waals surface area (Å²) in [6, 6.07) is 11.0. The second kappa shape index (κ2) is 7.58. The highest BCUT2D eigenvalue weighted by atomic mass is 32.2. The first-order chi connectivity index (χ1) is 14.9. The van der Waals surface area contributed by atoms with Gasteiger partial charge in [-0.15, -0.1) is 0 Å². The van der Waals surface area contributed by atoms with Crippen molar-refractivity contribution in [3.63, 3.8) is 0 Å². The topological polar surface area (TPSA) is 83.9 Å². The molecule has 31 heavy (non-hydrogen) atoms. The number of benzene rings is 1. The van der Waals surface area contributed by atoms with Gasteiger partial charge in [0.15, 0.2) is 0 Å². The molecule has 1 aliphatic heterocycles. The van der Waals surface area contributed by atoms with Gasteiger partial charge in [0, 0.05) is 37.1 Å². The molecule has 0 radical (unpaired) electrons. The molecular formula is C22H22FN5O2S. The van der Waals surface area contributed by atoms with Crippen molar-refractivity contribution in [3.8, 4) is 11.3 Å². The molecule has 0 spiro atoms. The van der Waals surface area contributed by atoms with Crippen molar-refractivity contribution >= 4 is 21.1 Å². The standard InChI is InChI=1S/C22H22FN5O2S/c1-15-9-16(14-28(15)31(29,30)19-4-2-3-18(23)10-19)13-27-8-7-21-22(27)6-5-20(26-21)17-11-24-25-12-17/h2-8,10-12,15-16H,9,13-14H2,1H3,(H,24,25)/t15-,16?/m0/s1. The van der Waals surface area contributed by atoms with Gasteiger partial charge in [0.05, 0.1) is 27.8 Å². The van der Waals surface area contributed by atoms with Gasteiger partial charge in [-0.2, -0.15) is 9.40 Å². The van der Waals surface area contributed by atoms with E-state index in [2.05, 4.69) is 14.8 Å². The number of sulfonamides is 1. The quantitative estimate of drug-likeness (QED) is 0.514. The Morgan fingerprint density at radius 2 is 2.10 bits per heavy atom. The summed E-state index contributed by atoms with van der Waals surface area (Å²) in [5, 5.41) is 6.76. The van der Waals surface area contributed by atoms with Crippen LogP contribution in [0, 0.1) is 11.7 Å². The average Bonchev–Trinajstić information content (AvgIpc) is 3.49. The van der Waals surface area contributed by atoms with Crippen molar-refractivity contribution in [2.45, 2.75) is 30.8 Å². The van der Waals surface area contributed by atoms with E-state index < -0.39 is 15.8 Å². The zero-order valence-electron chi connectivity index (χ0n) is 16.9. The van der Waals surface area contributed by atoms with Crippen molar-refractivity contribution in [1.82, 2.24) is 24.1 Å². The average molecular weight is 440 g/mol. The van der Waals surface area contributed by atoms with Crippen LogP contribution in [0.5, 0.6) is 0 Å². The van der Waals surface area contributed by atoms with Crippen LogP contribution in [0.15, 0.2) is 66.0 Å². The number of nitrogens with one attached hydrogen (secondary N) is 1. The number of H-pyrrole nitrogens is 1. The Labute approximate surface area is 179 Å². The van der Waals surface area contributed by atoms with E-state index in [0.717, 1.165) is 34.8 Å². The first-order valence-corrected chi connectivity index (χ1v) is 11.6. The summed E-state index contributed by atoms with van der Waals surface area (Å²) in [5.74, 6) is -0.395. The maximum atomic E-state index is 13.6. The molecule has 1 aliphatic rings. The van der Waals surface area contributed by atoms with Crippen molar-refractivity contribution < 1.29 is 12.8 Å². The Kier molecular flexibility index (Phi) is 4.86. The molecule has 1 fully saturated rings. The van der Waals surface area contributed by atoms with Gasteiger partial charge in [0.1, 0.15) is 5.82 Å². The lowest BCUT2D eigenvalue weighted by molar-refractivity contribution is 0.399. The number of hydrogen-bond donors (Lipinski definition) is 1. The van der Waals surface area contributed by atoms with Crippen molar-refractivity contribution in [2.24, 2.45) is 5.92 Å². The molecule has 5 rings (SSSR count). The van der Waals surface area contributed by atoms with E-state index in [1.165, 1.54) is 22.5 Å². The Balaban J connectivity index is 1.36. The number of aromatic nitrogens is 4. The summed E-state index contributed by atoms with van der Waals surface area (Å²) in [6.07, 6.45) is 6.28. The van der Waals surface area contributed by atoms with Crippen LogP contribution in [0.1, 0.15) is 13.3 Å². The van der Waals surface area contributed by atoms with E-state index in [-0.39, 0.29) is 16.9 Å². The van der Waals surface area contributed by atoms with Crippen LogP contribution in [-0.4, -0.2) is 45.1 Å². The molecule has 7 nitrogen and oxygen atoms in total. The fourth-order valence-electron chi connectivity index (χ4n) is 4.40. The van der Waals surface area contributed by atoms with Gasteiger partial charge >= 0.3 is 0 Å². The predicted molar refractivity (Wildman–Crippen MR) is 115 cm³/mol. The number of hydrogen-bond acceptors (Lipinski definition) is 4. The van der Waals surface area contributed by atoms with Gasteiger partial charge in [0.2, 0.25) is 10.0 Å². The second-order valence-electron chi connectivity index (χ2n) is 8.04. The van der Waals surface area contributed by atoms with Crippen LogP contribution in [0.3, 0.4) is 0 Å². The van der Waals surface area contributed by atoms with Gasteiger partial charge in [-0.1, -0.05) is 6.07 Å². The van der Waals surface area contributed by atoms with Gasteiger partial charge in [-0.05, 0) is 55.7 Å². The highest BCUT2D eigenvalue weighted by Crippen LogP contribution is 2.31. The molecule has 9 heteroatoms. The van der Waals surface area contributed by atoms with Crippen molar-refractivity contribution in [1.29, 1.82) is 0 Å². The Bertz CT molecular complexity index is 1330. The van der Waals surface area contributed by atoms with E-state index >= 15 is 0 Å². The summed E-state index contributed by atoms with van der Waals surface area (Å²) in [6.45, 7) is 3.00. The van der Waals surface area contributed by atoms with E-state index in [0.29, 0.717) is 13.1 Å². The lowest BCUT2D eigenvalue weighted by Crippen LogP contribution is -2.34. The van der Waals surface area contributed by atoms with Crippen LogP contribution in [0.25, 0.3) is 22.3 Å². The third-order valence-corrected chi connectivity index (χ3v) is 7.86. The Morgan fingerprint density at radius 3 is 2.87 bits per heavy atom. The minimum absolute atomic E-state index is 0.00221. The van der Waals surface area contributed by atoms with Crippen molar-refractivity contribution in [3.05, 3.63) is 66.9 Å². The molecule has 3 aromatic heterocycles. The summed E-state index contributed by atoms with van der Waals surface area (Å²) in [7, 11) is -3.73. The van der Waals surface area contributed by atoms with E-state index in [9.17, 15) is 12.8 Å². The lowest BCUT2D eigenvalue weighted by Gasteiger charge is -2.21. The number of nitrogens with zero attached hydrogens (tertiary/aromatic N) is 4. The molecule has 0 bridgehead atoms. The number of aromatic amines is 1. The van der Waals surface area contributed by atoms with E-state index in [4.69, 9.17) is 4.98 Å². The molecule has 0 aliphatic carbocycles. The third kappa shape index (κ3) is 3.64. The molecule has 1 saturated heterocycles. The minimum atomic E-state index is -3.73. The lowest BCUT2D eigenvalue weighted by atomic mass is 10.1. The monoisotopic (exact) mass is 439 g/mol. The van der Waals surface area contributed by atoms with Crippen molar-refractivity contribution in [2.75, 3.05) is 6.54 Å². The Morgan fingerprint density at radius 1 is 1.23 bits per heavy atom. The summed E-state index contributed by atoms with van der Waals surface area (Å²) in [5.41, 5.74) is 3.67. The molecule has 1 N–H and O–H groups in total. The van der Waals surface area contributed by atoms with E-state index in [1.54, 1.807) is 12.4 Å².